The first-order chi connectivity index (χ1) is 23.8. The summed E-state index contributed by atoms with van der Waals surface area (Å²) in [6.45, 7) is 6.39. The fraction of sp³-hybridized carbons (Fsp3) is 0.205. The molecule has 0 saturated heterocycles. The van der Waals surface area contributed by atoms with E-state index >= 15 is 0 Å². The molecule has 0 atom stereocenters. The third-order valence-corrected chi connectivity index (χ3v) is 10.3. The summed E-state index contributed by atoms with van der Waals surface area (Å²) in [6, 6.07) is 29.3. The molecular formula is C39H42N3NaO6S2+. The SMILES string of the molecule is CCN(Cc1cccc(S(=O)(=O)O)c1)c1ccc(C(=C2C=CC(=[N+](C)C)C=C2)c2ccc(N(CC)Cc3cccc(S(=O)(=O)O)c3)cc2)cc1.[Na]. The van der Waals surface area contributed by atoms with Gasteiger partial charge in [-0.1, -0.05) is 48.5 Å². The van der Waals surface area contributed by atoms with E-state index in [9.17, 15) is 25.9 Å². The van der Waals surface area contributed by atoms with Crippen LogP contribution >= 0.6 is 0 Å². The molecule has 0 amide bonds. The molecule has 12 heteroatoms. The van der Waals surface area contributed by atoms with Gasteiger partial charge in [-0.25, -0.2) is 4.58 Å². The molecule has 261 valence electrons. The van der Waals surface area contributed by atoms with Crippen LogP contribution in [0.2, 0.25) is 0 Å². The maximum absolute atomic E-state index is 11.7. The van der Waals surface area contributed by atoms with Crippen molar-refractivity contribution in [2.75, 3.05) is 37.0 Å². The van der Waals surface area contributed by atoms with Gasteiger partial charge < -0.3 is 9.80 Å². The molecule has 0 saturated carbocycles. The molecule has 1 radical (unpaired) electrons. The normalized spacial score (nSPS) is 12.7. The predicted octanol–water partition coefficient (Wildman–Crippen LogP) is 6.49. The van der Waals surface area contributed by atoms with E-state index in [4.69, 9.17) is 0 Å². The quantitative estimate of drug-likeness (QED) is 0.0964. The number of benzene rings is 4. The number of hydrogen-bond acceptors (Lipinski definition) is 6. The third kappa shape index (κ3) is 10.2. The zero-order valence-electron chi connectivity index (χ0n) is 29.6. The van der Waals surface area contributed by atoms with Crippen LogP contribution in [0.4, 0.5) is 11.4 Å². The van der Waals surface area contributed by atoms with E-state index in [0.29, 0.717) is 26.2 Å². The van der Waals surface area contributed by atoms with Crippen LogP contribution in [0.25, 0.3) is 5.57 Å². The van der Waals surface area contributed by atoms with Crippen LogP contribution in [0.3, 0.4) is 0 Å². The van der Waals surface area contributed by atoms with Gasteiger partial charge in [-0.15, -0.1) is 0 Å². The van der Waals surface area contributed by atoms with Gasteiger partial charge >= 0.3 is 0 Å². The Labute approximate surface area is 323 Å². The molecular weight excluding hydrogens is 694 g/mol. The zero-order chi connectivity index (χ0) is 36.1. The first kappa shape index (κ1) is 40.0. The molecule has 2 N–H and O–H groups in total. The van der Waals surface area contributed by atoms with Crippen LogP contribution in [-0.4, -0.2) is 93.0 Å². The topological polar surface area (TPSA) is 118 Å². The summed E-state index contributed by atoms with van der Waals surface area (Å²) in [5.74, 6) is 0. The molecule has 5 rings (SSSR count). The Kier molecular flexibility index (Phi) is 13.4. The summed E-state index contributed by atoms with van der Waals surface area (Å²) in [7, 11) is -4.57. The van der Waals surface area contributed by atoms with E-state index in [-0.39, 0.29) is 39.3 Å². The second kappa shape index (κ2) is 17.1. The first-order valence-corrected chi connectivity index (χ1v) is 19.1. The summed E-state index contributed by atoms with van der Waals surface area (Å²) < 4.78 is 67.8. The Morgan fingerprint density at radius 2 is 1.00 bits per heavy atom. The van der Waals surface area contributed by atoms with Crippen molar-refractivity contribution in [2.24, 2.45) is 0 Å². The molecule has 51 heavy (non-hydrogen) atoms. The fourth-order valence-electron chi connectivity index (χ4n) is 5.92. The van der Waals surface area contributed by atoms with Gasteiger partial charge in [0.2, 0.25) is 0 Å². The number of anilines is 2. The van der Waals surface area contributed by atoms with E-state index in [2.05, 4.69) is 87.2 Å². The van der Waals surface area contributed by atoms with Crippen LogP contribution in [0, 0.1) is 0 Å². The summed E-state index contributed by atoms with van der Waals surface area (Å²) in [5.41, 5.74) is 8.74. The van der Waals surface area contributed by atoms with E-state index in [1.807, 2.05) is 40.1 Å². The molecule has 0 heterocycles. The van der Waals surface area contributed by atoms with Crippen LogP contribution in [0.15, 0.2) is 137 Å². The zero-order valence-corrected chi connectivity index (χ0v) is 33.2. The average molecular weight is 736 g/mol. The van der Waals surface area contributed by atoms with Gasteiger partial charge in [-0.05, 0) is 108 Å². The number of hydrogen-bond donors (Lipinski definition) is 2. The Morgan fingerprint density at radius 1 is 0.608 bits per heavy atom. The van der Waals surface area contributed by atoms with Gasteiger partial charge in [0, 0.05) is 79.3 Å². The second-order valence-electron chi connectivity index (χ2n) is 12.2. The molecule has 0 fully saturated rings. The Hall–Kier alpha value is -3.81. The van der Waals surface area contributed by atoms with E-state index in [0.717, 1.165) is 50.5 Å². The van der Waals surface area contributed by atoms with Crippen molar-refractivity contribution in [1.29, 1.82) is 0 Å². The maximum Gasteiger partial charge on any atom is 0.294 e. The number of nitrogens with zero attached hydrogens (tertiary/aromatic N) is 3. The smallest absolute Gasteiger partial charge is 0.294 e. The van der Waals surface area contributed by atoms with Crippen molar-refractivity contribution >= 4 is 72.5 Å². The fourth-order valence-corrected chi connectivity index (χ4v) is 7.03. The van der Waals surface area contributed by atoms with Crippen molar-refractivity contribution in [3.63, 3.8) is 0 Å². The molecule has 0 spiro atoms. The number of rotatable bonds is 12. The molecule has 4 aromatic rings. The minimum absolute atomic E-state index is 0. The first-order valence-electron chi connectivity index (χ1n) is 16.2. The molecule has 0 aromatic heterocycles. The van der Waals surface area contributed by atoms with Gasteiger partial charge in [0.25, 0.3) is 20.2 Å². The molecule has 0 aliphatic heterocycles. The number of allylic oxidation sites excluding steroid dienone is 5. The Morgan fingerprint density at radius 3 is 1.33 bits per heavy atom. The predicted molar refractivity (Wildman–Crippen MR) is 206 cm³/mol. The molecule has 4 aromatic carbocycles. The van der Waals surface area contributed by atoms with Crippen molar-refractivity contribution in [2.45, 2.75) is 36.7 Å². The van der Waals surface area contributed by atoms with E-state index in [1.54, 1.807) is 12.1 Å². The Balaban J connectivity index is 0.00000583. The largest absolute Gasteiger partial charge is 0.367 e. The summed E-state index contributed by atoms with van der Waals surface area (Å²) in [6.07, 6.45) is 8.43. The Bertz CT molecular complexity index is 2060. The maximum atomic E-state index is 11.7. The van der Waals surface area contributed by atoms with Crippen LogP contribution < -0.4 is 9.80 Å². The summed E-state index contributed by atoms with van der Waals surface area (Å²) >= 11 is 0. The van der Waals surface area contributed by atoms with Gasteiger partial charge in [0.05, 0.1) is 9.79 Å². The van der Waals surface area contributed by atoms with Gasteiger partial charge in [-0.2, -0.15) is 16.8 Å². The summed E-state index contributed by atoms with van der Waals surface area (Å²) in [4.78, 5) is 4.02. The molecule has 1 aliphatic rings. The average Bonchev–Trinajstić information content (AvgIpc) is 3.10. The monoisotopic (exact) mass is 735 g/mol. The minimum atomic E-state index is -4.29. The molecule has 9 nitrogen and oxygen atoms in total. The molecule has 1 aliphatic carbocycles. The standard InChI is InChI=1S/C39H41N3O6S2.Na/c1-5-41(27-29-9-7-11-37(25-29)49(43,44)45)35-21-15-32(16-22-35)39(31-13-19-34(20-14-31)40(3)4)33-17-23-36(24-18-33)42(6-2)28-30-10-8-12-38(26-30)50(46,47)48;/h7-26H,5-6,27-28H2,1-4H3,(H-,43,44,45,46,47,48);/p+1. The van der Waals surface area contributed by atoms with Crippen LogP contribution in [-0.2, 0) is 33.3 Å². The molecule has 0 unspecified atom stereocenters. The van der Waals surface area contributed by atoms with Crippen molar-refractivity contribution < 1.29 is 30.5 Å². The van der Waals surface area contributed by atoms with Gasteiger partial charge in [0.1, 0.15) is 14.1 Å². The second-order valence-corrected chi connectivity index (χ2v) is 15.0. The van der Waals surface area contributed by atoms with Crippen molar-refractivity contribution in [3.8, 4) is 0 Å². The van der Waals surface area contributed by atoms with Crippen LogP contribution in [0.5, 0.6) is 0 Å². The third-order valence-electron chi connectivity index (χ3n) is 8.62. The van der Waals surface area contributed by atoms with E-state index in [1.165, 1.54) is 24.3 Å². The minimum Gasteiger partial charge on any atom is -0.367 e. The van der Waals surface area contributed by atoms with E-state index < -0.39 is 20.2 Å². The van der Waals surface area contributed by atoms with Crippen LogP contribution in [0.1, 0.15) is 36.1 Å². The molecule has 0 bridgehead atoms. The van der Waals surface area contributed by atoms with Crippen molar-refractivity contribution in [3.05, 3.63) is 149 Å². The summed E-state index contributed by atoms with van der Waals surface area (Å²) in [5, 5.41) is 0. The van der Waals surface area contributed by atoms with Crippen molar-refractivity contribution in [1.82, 2.24) is 0 Å². The van der Waals surface area contributed by atoms with Gasteiger partial charge in [-0.3, -0.25) is 9.11 Å². The van der Waals surface area contributed by atoms with Gasteiger partial charge in [0.15, 0.2) is 5.71 Å².